The fourth-order valence-corrected chi connectivity index (χ4v) is 3.20. The second kappa shape index (κ2) is 10.5. The molecule has 0 radical (unpaired) electrons. The summed E-state index contributed by atoms with van der Waals surface area (Å²) in [6, 6.07) is 5.21. The average Bonchev–Trinajstić information content (AvgIpc) is 2.80. The zero-order chi connectivity index (χ0) is 25.8. The van der Waals surface area contributed by atoms with Gasteiger partial charge in [0, 0.05) is 29.3 Å². The summed E-state index contributed by atoms with van der Waals surface area (Å²) in [5.74, 6) is -1.57. The topological polar surface area (TPSA) is 84.0 Å². The van der Waals surface area contributed by atoms with Crippen LogP contribution in [0.5, 0.6) is 0 Å². The van der Waals surface area contributed by atoms with Crippen molar-refractivity contribution >= 4 is 40.9 Å². The van der Waals surface area contributed by atoms with Crippen LogP contribution < -0.4 is 10.6 Å². The van der Waals surface area contributed by atoms with E-state index < -0.39 is 34.4 Å². The van der Waals surface area contributed by atoms with Crippen molar-refractivity contribution in [1.29, 1.82) is 0 Å². The number of carbonyl (C=O) groups is 2. The van der Waals surface area contributed by atoms with E-state index in [0.29, 0.717) is 17.5 Å². The van der Waals surface area contributed by atoms with Crippen LogP contribution in [0.3, 0.4) is 0 Å². The van der Waals surface area contributed by atoms with Crippen molar-refractivity contribution in [2.45, 2.75) is 13.1 Å². The maximum Gasteiger partial charge on any atom is 0.417 e. The number of hydrogen-bond acceptors (Lipinski definition) is 4. The Morgan fingerprint density at radius 2 is 1.66 bits per heavy atom. The highest BCUT2D eigenvalue weighted by atomic mass is 35.5. The van der Waals surface area contributed by atoms with Gasteiger partial charge in [-0.3, -0.25) is 14.8 Å². The smallest absolute Gasteiger partial charge is 0.308 e. The van der Waals surface area contributed by atoms with Crippen molar-refractivity contribution in [3.8, 4) is 0 Å². The number of amides is 2. The summed E-state index contributed by atoms with van der Waals surface area (Å²) in [4.78, 5) is 33.4. The lowest BCUT2D eigenvalue weighted by Crippen LogP contribution is -2.20. The highest BCUT2D eigenvalue weighted by molar-refractivity contribution is 6.31. The highest BCUT2D eigenvalue weighted by Gasteiger charge is 2.33. The van der Waals surface area contributed by atoms with Gasteiger partial charge in [0.15, 0.2) is 5.78 Å². The SMILES string of the molecule is C=C/C(=C\c1nccnc1C)C(=O)c1cc(NC(=O)Nc2ccc(Cl)c(C(F)(F)F)c2)ccc1F. The molecule has 0 bridgehead atoms. The van der Waals surface area contributed by atoms with Crippen LogP contribution >= 0.6 is 11.6 Å². The van der Waals surface area contributed by atoms with E-state index in [-0.39, 0.29) is 22.5 Å². The number of urea groups is 1. The van der Waals surface area contributed by atoms with Crippen molar-refractivity contribution in [3.63, 3.8) is 0 Å². The number of alkyl halides is 3. The third-order valence-corrected chi connectivity index (χ3v) is 5.02. The molecule has 0 aliphatic rings. The number of aromatic nitrogens is 2. The molecule has 0 spiro atoms. The number of allylic oxidation sites excluding steroid dienone is 2. The first-order valence-electron chi connectivity index (χ1n) is 9.90. The van der Waals surface area contributed by atoms with Gasteiger partial charge in [-0.05, 0) is 49.4 Å². The minimum Gasteiger partial charge on any atom is -0.308 e. The molecule has 2 aromatic carbocycles. The third kappa shape index (κ3) is 6.30. The predicted molar refractivity (Wildman–Crippen MR) is 125 cm³/mol. The van der Waals surface area contributed by atoms with Crippen molar-refractivity contribution in [1.82, 2.24) is 9.97 Å². The number of aryl methyl sites for hydroxylation is 1. The zero-order valence-electron chi connectivity index (χ0n) is 18.1. The summed E-state index contributed by atoms with van der Waals surface area (Å²) < 4.78 is 53.5. The van der Waals surface area contributed by atoms with Gasteiger partial charge in [0.1, 0.15) is 5.82 Å². The van der Waals surface area contributed by atoms with Crippen LogP contribution in [0, 0.1) is 12.7 Å². The largest absolute Gasteiger partial charge is 0.417 e. The fourth-order valence-electron chi connectivity index (χ4n) is 2.97. The molecule has 0 saturated carbocycles. The molecule has 0 aliphatic carbocycles. The van der Waals surface area contributed by atoms with Crippen LogP contribution in [0.4, 0.5) is 33.7 Å². The molecule has 2 amide bonds. The quantitative estimate of drug-likeness (QED) is 0.169. The number of ketones is 1. The molecule has 0 atom stereocenters. The fraction of sp³-hybridized carbons (Fsp3) is 0.0833. The van der Waals surface area contributed by atoms with E-state index in [4.69, 9.17) is 11.6 Å². The van der Waals surface area contributed by atoms with Gasteiger partial charge >= 0.3 is 12.2 Å². The third-order valence-electron chi connectivity index (χ3n) is 4.69. The lowest BCUT2D eigenvalue weighted by Gasteiger charge is -2.13. The predicted octanol–water partition coefficient (Wildman–Crippen LogP) is 6.69. The molecule has 2 N–H and O–H groups in total. The van der Waals surface area contributed by atoms with Gasteiger partial charge in [-0.25, -0.2) is 9.18 Å². The van der Waals surface area contributed by atoms with E-state index in [1.807, 2.05) is 0 Å². The summed E-state index contributed by atoms with van der Waals surface area (Å²) in [5, 5.41) is 4.07. The summed E-state index contributed by atoms with van der Waals surface area (Å²) in [5.41, 5.74) is -0.649. The molecule has 0 aliphatic heterocycles. The molecule has 180 valence electrons. The van der Waals surface area contributed by atoms with Crippen LogP contribution in [-0.4, -0.2) is 21.8 Å². The summed E-state index contributed by atoms with van der Waals surface area (Å²) in [6.45, 7) is 5.27. The lowest BCUT2D eigenvalue weighted by molar-refractivity contribution is -0.137. The van der Waals surface area contributed by atoms with E-state index in [0.717, 1.165) is 18.2 Å². The molecule has 6 nitrogen and oxygen atoms in total. The van der Waals surface area contributed by atoms with Gasteiger partial charge in [0.05, 0.1) is 27.5 Å². The Morgan fingerprint density at radius 3 is 2.29 bits per heavy atom. The number of rotatable bonds is 6. The molecule has 0 fully saturated rings. The van der Waals surface area contributed by atoms with Crippen molar-refractivity contribution in [2.24, 2.45) is 0 Å². The number of benzene rings is 2. The van der Waals surface area contributed by atoms with Crippen LogP contribution in [0.15, 0.2) is 67.0 Å². The molecule has 35 heavy (non-hydrogen) atoms. The molecule has 0 saturated heterocycles. The monoisotopic (exact) mass is 504 g/mol. The van der Waals surface area contributed by atoms with Crippen LogP contribution in [0.1, 0.15) is 27.3 Å². The minimum atomic E-state index is -4.71. The lowest BCUT2D eigenvalue weighted by atomic mass is 10.0. The molecular weight excluding hydrogens is 488 g/mol. The van der Waals surface area contributed by atoms with Gasteiger partial charge in [-0.1, -0.05) is 24.3 Å². The Bertz CT molecular complexity index is 1340. The first-order chi connectivity index (χ1) is 16.5. The zero-order valence-corrected chi connectivity index (χ0v) is 18.8. The second-order valence-electron chi connectivity index (χ2n) is 7.13. The molecular formula is C24H17ClF4N4O2. The maximum atomic E-state index is 14.5. The molecule has 3 rings (SSSR count). The molecule has 3 aromatic rings. The Labute approximate surface area is 202 Å². The van der Waals surface area contributed by atoms with Crippen LogP contribution in [-0.2, 0) is 6.18 Å². The van der Waals surface area contributed by atoms with E-state index >= 15 is 0 Å². The number of nitrogens with zero attached hydrogens (tertiary/aromatic N) is 2. The van der Waals surface area contributed by atoms with E-state index in [9.17, 15) is 27.2 Å². The first-order valence-corrected chi connectivity index (χ1v) is 10.3. The van der Waals surface area contributed by atoms with E-state index in [1.165, 1.54) is 36.7 Å². The number of hydrogen-bond donors (Lipinski definition) is 2. The highest BCUT2D eigenvalue weighted by Crippen LogP contribution is 2.36. The Balaban J connectivity index is 1.82. The van der Waals surface area contributed by atoms with Crippen LogP contribution in [0.2, 0.25) is 5.02 Å². The maximum absolute atomic E-state index is 14.5. The first kappa shape index (κ1) is 25.6. The molecule has 0 unspecified atom stereocenters. The number of anilines is 2. The van der Waals surface area contributed by atoms with Crippen LogP contribution in [0.25, 0.3) is 6.08 Å². The Hall–Kier alpha value is -4.05. The average molecular weight is 505 g/mol. The van der Waals surface area contributed by atoms with E-state index in [1.54, 1.807) is 6.92 Å². The standard InChI is InChI=1S/C24H17ClF4N4O2/c1-3-14(10-21-13(2)30-8-9-31-21)22(34)17-11-15(5-7-20(17)26)32-23(35)33-16-4-6-19(25)18(12-16)24(27,28)29/h3-12H,1H2,2H3,(H2,32,33,35)/b14-10+. The van der Waals surface area contributed by atoms with Gasteiger partial charge < -0.3 is 10.6 Å². The second-order valence-corrected chi connectivity index (χ2v) is 7.53. The van der Waals surface area contributed by atoms with Gasteiger partial charge in [-0.15, -0.1) is 0 Å². The summed E-state index contributed by atoms with van der Waals surface area (Å²) >= 11 is 5.57. The van der Waals surface area contributed by atoms with E-state index in [2.05, 4.69) is 27.2 Å². The summed E-state index contributed by atoms with van der Waals surface area (Å²) in [7, 11) is 0. The van der Waals surface area contributed by atoms with Gasteiger partial charge in [0.25, 0.3) is 0 Å². The van der Waals surface area contributed by atoms with Crippen molar-refractivity contribution in [2.75, 3.05) is 10.6 Å². The molecule has 11 heteroatoms. The number of carbonyl (C=O) groups excluding carboxylic acids is 2. The number of halogens is 5. The Morgan fingerprint density at radius 1 is 1.03 bits per heavy atom. The minimum absolute atomic E-state index is 0.0244. The van der Waals surface area contributed by atoms with Gasteiger partial charge in [0.2, 0.25) is 0 Å². The summed E-state index contributed by atoms with van der Waals surface area (Å²) in [6.07, 6.45) is 0.851. The normalized spacial score (nSPS) is 11.7. The van der Waals surface area contributed by atoms with Crippen molar-refractivity contribution in [3.05, 3.63) is 100 Å². The van der Waals surface area contributed by atoms with Gasteiger partial charge in [-0.2, -0.15) is 13.2 Å². The number of Topliss-reactive ketones (excluding diaryl/α,β-unsaturated/α-hetero) is 1. The molecule has 1 aromatic heterocycles. The van der Waals surface area contributed by atoms with Crippen molar-refractivity contribution < 1.29 is 27.2 Å². The molecule has 1 heterocycles. The Kier molecular flexibility index (Phi) is 7.65. The number of nitrogens with one attached hydrogen (secondary N) is 2.